The van der Waals surface area contributed by atoms with Gasteiger partial charge in [-0.15, -0.1) is 5.10 Å². The first-order valence-corrected chi connectivity index (χ1v) is 13.3. The summed E-state index contributed by atoms with van der Waals surface area (Å²) in [5.41, 5.74) is 0.712. The zero-order valence-corrected chi connectivity index (χ0v) is 20.8. The molecular formula is C23H37N7O2S. The van der Waals surface area contributed by atoms with Crippen LogP contribution in [0.15, 0.2) is 10.9 Å². The Morgan fingerprint density at radius 1 is 1.12 bits per heavy atom. The van der Waals surface area contributed by atoms with Crippen LogP contribution in [0.5, 0.6) is 0 Å². The number of aromatic nitrogens is 3. The normalized spacial score (nSPS) is 18.8. The molecule has 0 bridgehead atoms. The third-order valence-electron chi connectivity index (χ3n) is 6.79. The van der Waals surface area contributed by atoms with Gasteiger partial charge in [-0.2, -0.15) is 4.52 Å². The van der Waals surface area contributed by atoms with E-state index < -0.39 is 0 Å². The third-order valence-corrected chi connectivity index (χ3v) is 7.76. The van der Waals surface area contributed by atoms with Gasteiger partial charge in [-0.1, -0.05) is 31.6 Å². The van der Waals surface area contributed by atoms with Crippen LogP contribution in [0.25, 0.3) is 4.96 Å². The Kier molecular flexibility index (Phi) is 8.32. The van der Waals surface area contributed by atoms with Crippen molar-refractivity contribution in [1.82, 2.24) is 29.7 Å². The Balaban J connectivity index is 1.20. The fourth-order valence-electron chi connectivity index (χ4n) is 4.68. The molecule has 0 aliphatic carbocycles. The number of nitrogens with one attached hydrogen (secondary N) is 1. The molecule has 4 heterocycles. The summed E-state index contributed by atoms with van der Waals surface area (Å²) in [5, 5.41) is 8.47. The van der Waals surface area contributed by atoms with Crippen LogP contribution in [0, 0.1) is 5.92 Å². The van der Waals surface area contributed by atoms with Gasteiger partial charge >= 0.3 is 0 Å². The molecule has 33 heavy (non-hydrogen) atoms. The summed E-state index contributed by atoms with van der Waals surface area (Å²) < 4.78 is 1.40. The second kappa shape index (κ2) is 11.4. The van der Waals surface area contributed by atoms with E-state index in [4.69, 9.17) is 0 Å². The predicted octanol–water partition coefficient (Wildman–Crippen LogP) is 1.46. The highest BCUT2D eigenvalue weighted by atomic mass is 32.1. The molecule has 1 N–H and O–H groups in total. The van der Waals surface area contributed by atoms with Crippen molar-refractivity contribution in [1.29, 1.82) is 0 Å². The second-order valence-electron chi connectivity index (χ2n) is 9.10. The molecule has 1 amide bonds. The van der Waals surface area contributed by atoms with E-state index in [1.165, 1.54) is 15.9 Å². The Bertz CT molecular complexity index is 975. The van der Waals surface area contributed by atoms with Crippen LogP contribution in [0.4, 0.5) is 5.13 Å². The van der Waals surface area contributed by atoms with E-state index in [0.29, 0.717) is 4.96 Å². The number of aryl methyl sites for hydroxylation is 1. The smallest absolute Gasteiger partial charge is 0.275 e. The van der Waals surface area contributed by atoms with Gasteiger partial charge < -0.3 is 20.0 Å². The van der Waals surface area contributed by atoms with E-state index in [0.717, 1.165) is 102 Å². The van der Waals surface area contributed by atoms with E-state index in [1.807, 2.05) is 0 Å². The number of nitrogens with zero attached hydrogens (tertiary/aromatic N) is 6. The highest BCUT2D eigenvalue weighted by molar-refractivity contribution is 7.20. The first-order valence-electron chi connectivity index (χ1n) is 12.4. The number of amides is 1. The number of rotatable bonds is 9. The molecule has 2 aliphatic rings. The van der Waals surface area contributed by atoms with Crippen molar-refractivity contribution in [3.8, 4) is 0 Å². The summed E-state index contributed by atoms with van der Waals surface area (Å²) in [7, 11) is 0. The molecule has 2 fully saturated rings. The highest BCUT2D eigenvalue weighted by Crippen LogP contribution is 2.27. The number of hydrogen-bond donors (Lipinski definition) is 1. The van der Waals surface area contributed by atoms with Gasteiger partial charge in [0.05, 0.1) is 0 Å². The van der Waals surface area contributed by atoms with Crippen molar-refractivity contribution in [2.45, 2.75) is 46.0 Å². The van der Waals surface area contributed by atoms with Crippen molar-refractivity contribution in [3.63, 3.8) is 0 Å². The molecule has 10 heteroatoms. The third kappa shape index (κ3) is 6.10. The summed E-state index contributed by atoms with van der Waals surface area (Å²) in [6.45, 7) is 13.4. The SMILES string of the molecule is CCCc1cc(=O)n2nc(N3CCC(C(=O)NCCCN4CCN(CC)CC4)CC3)sc2n1. The van der Waals surface area contributed by atoms with Crippen LogP contribution in [0.1, 0.15) is 45.2 Å². The summed E-state index contributed by atoms with van der Waals surface area (Å²) in [6, 6.07) is 1.59. The Morgan fingerprint density at radius 2 is 1.85 bits per heavy atom. The monoisotopic (exact) mass is 475 g/mol. The number of anilines is 1. The molecule has 0 aromatic carbocycles. The van der Waals surface area contributed by atoms with Gasteiger partial charge in [0.15, 0.2) is 0 Å². The molecule has 2 aromatic heterocycles. The van der Waals surface area contributed by atoms with Crippen molar-refractivity contribution in [2.75, 3.05) is 63.8 Å². The van der Waals surface area contributed by atoms with Gasteiger partial charge in [0.2, 0.25) is 16.0 Å². The van der Waals surface area contributed by atoms with Crippen molar-refractivity contribution < 1.29 is 4.79 Å². The minimum atomic E-state index is -0.118. The predicted molar refractivity (Wildman–Crippen MR) is 132 cm³/mol. The van der Waals surface area contributed by atoms with Crippen LogP contribution in [-0.4, -0.2) is 89.2 Å². The maximum Gasteiger partial charge on any atom is 0.275 e. The molecule has 4 rings (SSSR count). The van der Waals surface area contributed by atoms with Gasteiger partial charge in [0, 0.05) is 63.5 Å². The first kappa shape index (κ1) is 24.1. The number of piperidine rings is 1. The summed E-state index contributed by atoms with van der Waals surface area (Å²) in [4.78, 5) is 37.4. The fourth-order valence-corrected chi connectivity index (χ4v) is 5.66. The lowest BCUT2D eigenvalue weighted by Crippen LogP contribution is -2.46. The molecule has 2 saturated heterocycles. The van der Waals surface area contributed by atoms with Gasteiger partial charge in [-0.25, -0.2) is 4.98 Å². The molecule has 0 unspecified atom stereocenters. The standard InChI is InChI=1S/C23H37N7O2S/c1-3-6-19-17-20(31)30-22(25-19)33-23(26-30)29-11-7-18(8-12-29)21(32)24-9-5-10-28-15-13-27(4-2)14-16-28/h17-18H,3-16H2,1-2H3,(H,24,32). The van der Waals surface area contributed by atoms with E-state index in [-0.39, 0.29) is 17.4 Å². The molecule has 0 radical (unpaired) electrons. The lowest BCUT2D eigenvalue weighted by Gasteiger charge is -2.34. The van der Waals surface area contributed by atoms with Gasteiger partial charge in [0.25, 0.3) is 5.56 Å². The zero-order chi connectivity index (χ0) is 23.2. The fraction of sp³-hybridized carbons (Fsp3) is 0.739. The average molecular weight is 476 g/mol. The largest absolute Gasteiger partial charge is 0.356 e. The Hall–Kier alpha value is -2.04. The number of carbonyl (C=O) groups excluding carboxylic acids is 1. The van der Waals surface area contributed by atoms with Gasteiger partial charge in [-0.05, 0) is 38.8 Å². The molecule has 9 nitrogen and oxygen atoms in total. The number of piperazine rings is 1. The first-order chi connectivity index (χ1) is 16.1. The molecular weight excluding hydrogens is 438 g/mol. The second-order valence-corrected chi connectivity index (χ2v) is 10.0. The molecule has 0 saturated carbocycles. The molecule has 0 spiro atoms. The lowest BCUT2D eigenvalue weighted by molar-refractivity contribution is -0.125. The molecule has 2 aliphatic heterocycles. The number of carbonyl (C=O) groups is 1. The van der Waals surface area contributed by atoms with Crippen LogP contribution in [0.3, 0.4) is 0 Å². The van der Waals surface area contributed by atoms with Crippen molar-refractivity contribution in [2.24, 2.45) is 5.92 Å². The van der Waals surface area contributed by atoms with Gasteiger partial charge in [0.1, 0.15) is 0 Å². The quantitative estimate of drug-likeness (QED) is 0.550. The molecule has 182 valence electrons. The highest BCUT2D eigenvalue weighted by Gasteiger charge is 2.27. The van der Waals surface area contributed by atoms with Crippen LogP contribution in [-0.2, 0) is 11.2 Å². The lowest BCUT2D eigenvalue weighted by atomic mass is 9.96. The van der Waals surface area contributed by atoms with E-state index >= 15 is 0 Å². The Labute approximate surface area is 199 Å². The zero-order valence-electron chi connectivity index (χ0n) is 20.0. The van der Waals surface area contributed by atoms with E-state index in [1.54, 1.807) is 6.07 Å². The summed E-state index contributed by atoms with van der Waals surface area (Å²) in [5.74, 6) is 0.234. The van der Waals surface area contributed by atoms with Crippen LogP contribution in [0.2, 0.25) is 0 Å². The van der Waals surface area contributed by atoms with Crippen molar-refractivity contribution >= 4 is 27.3 Å². The topological polar surface area (TPSA) is 86.1 Å². The maximum absolute atomic E-state index is 12.6. The van der Waals surface area contributed by atoms with Crippen molar-refractivity contribution in [3.05, 3.63) is 22.1 Å². The van der Waals surface area contributed by atoms with Crippen LogP contribution < -0.4 is 15.8 Å². The average Bonchev–Trinajstić information content (AvgIpc) is 3.27. The van der Waals surface area contributed by atoms with Gasteiger partial charge in [-0.3, -0.25) is 9.59 Å². The summed E-state index contributed by atoms with van der Waals surface area (Å²) in [6.07, 6.45) is 4.38. The number of hydrogen-bond acceptors (Lipinski definition) is 8. The minimum Gasteiger partial charge on any atom is -0.356 e. The van der Waals surface area contributed by atoms with E-state index in [2.05, 4.69) is 43.9 Å². The summed E-state index contributed by atoms with van der Waals surface area (Å²) >= 11 is 1.46. The van der Waals surface area contributed by atoms with Crippen LogP contribution >= 0.6 is 11.3 Å². The molecule has 2 aromatic rings. The number of likely N-dealkylation sites (N-methyl/N-ethyl adjacent to an activating group) is 1. The minimum absolute atomic E-state index is 0.0562. The Morgan fingerprint density at radius 3 is 2.55 bits per heavy atom. The number of fused-ring (bicyclic) bond motifs is 1. The van der Waals surface area contributed by atoms with E-state index in [9.17, 15) is 9.59 Å². The maximum atomic E-state index is 12.6. The molecule has 0 atom stereocenters.